The fourth-order valence-corrected chi connectivity index (χ4v) is 4.12. The highest BCUT2D eigenvalue weighted by molar-refractivity contribution is 5.95. The van der Waals surface area contributed by atoms with Crippen LogP contribution >= 0.6 is 0 Å². The lowest BCUT2D eigenvalue weighted by Gasteiger charge is -2.35. The number of piperidine rings is 1. The van der Waals surface area contributed by atoms with E-state index in [-0.39, 0.29) is 35.0 Å². The maximum absolute atomic E-state index is 14.0. The molecule has 2 unspecified atom stereocenters. The van der Waals surface area contributed by atoms with Crippen LogP contribution in [-0.2, 0) is 9.59 Å². The minimum Gasteiger partial charge on any atom is -0.399 e. The summed E-state index contributed by atoms with van der Waals surface area (Å²) < 4.78 is 14.0. The van der Waals surface area contributed by atoms with E-state index in [1.807, 2.05) is 6.92 Å². The number of carbonyl (C=O) groups excluding carboxylic acids is 3. The first-order chi connectivity index (χ1) is 13.9. The maximum atomic E-state index is 14.0. The van der Waals surface area contributed by atoms with Gasteiger partial charge in [-0.15, -0.1) is 0 Å². The fraction of sp³-hybridized carbons (Fsp3) is 0.571. The molecular formula is C21H29FN4O3. The monoisotopic (exact) mass is 404 g/mol. The van der Waals surface area contributed by atoms with Crippen LogP contribution in [0.1, 0.15) is 49.4 Å². The standard InChI is InChI=1S/C21H29FN4O3/c1-2-25-12-14(6-9-19(25)27)21(29)26-10-4-3-5-16(13-26)24-20(28)17-8-7-15(23)11-18(17)22/h7-8,11,14,16H,2-6,9-10,12-13,23H2,1H3,(H,24,28). The highest BCUT2D eigenvalue weighted by Gasteiger charge is 2.33. The SMILES string of the molecule is CCN1CC(C(=O)N2CCCCC(NC(=O)c3ccc(N)cc3F)C2)CCC1=O. The number of benzene rings is 1. The number of amides is 3. The number of nitrogens with one attached hydrogen (secondary N) is 1. The topological polar surface area (TPSA) is 95.7 Å². The van der Waals surface area contributed by atoms with E-state index in [0.717, 1.165) is 25.3 Å². The summed E-state index contributed by atoms with van der Waals surface area (Å²) in [6.45, 7) is 4.01. The van der Waals surface area contributed by atoms with Crippen LogP contribution in [0.2, 0.25) is 0 Å². The number of halogens is 1. The molecule has 7 nitrogen and oxygen atoms in total. The van der Waals surface area contributed by atoms with Crippen molar-refractivity contribution in [2.45, 2.75) is 45.1 Å². The fourth-order valence-electron chi connectivity index (χ4n) is 4.12. The maximum Gasteiger partial charge on any atom is 0.254 e. The van der Waals surface area contributed by atoms with Gasteiger partial charge >= 0.3 is 0 Å². The molecule has 2 fully saturated rings. The summed E-state index contributed by atoms with van der Waals surface area (Å²) in [4.78, 5) is 41.0. The molecule has 2 saturated heterocycles. The summed E-state index contributed by atoms with van der Waals surface area (Å²) in [6.07, 6.45) is 3.43. The van der Waals surface area contributed by atoms with Crippen molar-refractivity contribution in [3.05, 3.63) is 29.6 Å². The number of anilines is 1. The number of likely N-dealkylation sites (tertiary alicyclic amines) is 2. The Hall–Kier alpha value is -2.64. The minimum absolute atomic E-state index is 0.0377. The Morgan fingerprint density at radius 2 is 2.03 bits per heavy atom. The Bertz CT molecular complexity index is 785. The minimum atomic E-state index is -0.657. The van der Waals surface area contributed by atoms with Crippen LogP contribution in [0.3, 0.4) is 0 Å². The van der Waals surface area contributed by atoms with Crippen molar-refractivity contribution in [2.24, 2.45) is 5.92 Å². The van der Waals surface area contributed by atoms with Crippen molar-refractivity contribution in [3.63, 3.8) is 0 Å². The number of nitrogens with two attached hydrogens (primary N) is 1. The van der Waals surface area contributed by atoms with Gasteiger partial charge in [0.05, 0.1) is 11.5 Å². The molecule has 0 aliphatic carbocycles. The van der Waals surface area contributed by atoms with Gasteiger partial charge in [0.1, 0.15) is 5.82 Å². The second-order valence-electron chi connectivity index (χ2n) is 7.86. The summed E-state index contributed by atoms with van der Waals surface area (Å²) >= 11 is 0. The predicted octanol–water partition coefficient (Wildman–Crippen LogP) is 1.78. The number of rotatable bonds is 4. The Morgan fingerprint density at radius 3 is 2.76 bits per heavy atom. The van der Waals surface area contributed by atoms with Crippen LogP contribution in [0, 0.1) is 11.7 Å². The third-order valence-corrected chi connectivity index (χ3v) is 5.79. The van der Waals surface area contributed by atoms with Crippen molar-refractivity contribution < 1.29 is 18.8 Å². The van der Waals surface area contributed by atoms with Gasteiger partial charge in [0, 0.05) is 44.3 Å². The van der Waals surface area contributed by atoms with Gasteiger partial charge in [-0.2, -0.15) is 0 Å². The van der Waals surface area contributed by atoms with E-state index in [1.165, 1.54) is 12.1 Å². The zero-order chi connectivity index (χ0) is 21.0. The van der Waals surface area contributed by atoms with Crippen LogP contribution in [0.15, 0.2) is 18.2 Å². The molecule has 0 spiro atoms. The van der Waals surface area contributed by atoms with Gasteiger partial charge in [-0.3, -0.25) is 14.4 Å². The Morgan fingerprint density at radius 1 is 1.24 bits per heavy atom. The molecule has 2 aliphatic heterocycles. The lowest BCUT2D eigenvalue weighted by Crippen LogP contribution is -2.50. The molecule has 1 aromatic rings. The van der Waals surface area contributed by atoms with Gasteiger partial charge < -0.3 is 20.9 Å². The van der Waals surface area contributed by atoms with E-state index in [0.29, 0.717) is 39.0 Å². The van der Waals surface area contributed by atoms with Crippen LogP contribution in [0.25, 0.3) is 0 Å². The van der Waals surface area contributed by atoms with E-state index in [1.54, 1.807) is 9.80 Å². The van der Waals surface area contributed by atoms with Crippen LogP contribution in [-0.4, -0.2) is 59.7 Å². The molecule has 0 bridgehead atoms. The number of nitrogens with zero attached hydrogens (tertiary/aromatic N) is 2. The largest absolute Gasteiger partial charge is 0.399 e. The molecule has 2 aliphatic rings. The highest BCUT2D eigenvalue weighted by Crippen LogP contribution is 2.22. The molecule has 8 heteroatoms. The first-order valence-electron chi connectivity index (χ1n) is 10.3. The zero-order valence-electron chi connectivity index (χ0n) is 16.8. The Kier molecular flexibility index (Phi) is 6.71. The van der Waals surface area contributed by atoms with Crippen LogP contribution < -0.4 is 11.1 Å². The molecular weight excluding hydrogens is 375 g/mol. The molecule has 29 heavy (non-hydrogen) atoms. The second kappa shape index (κ2) is 9.24. The molecule has 2 heterocycles. The number of carbonyl (C=O) groups is 3. The quantitative estimate of drug-likeness (QED) is 0.748. The van der Waals surface area contributed by atoms with E-state index >= 15 is 0 Å². The lowest BCUT2D eigenvalue weighted by atomic mass is 9.95. The third-order valence-electron chi connectivity index (χ3n) is 5.79. The van der Waals surface area contributed by atoms with Crippen molar-refractivity contribution in [2.75, 3.05) is 31.9 Å². The number of hydrogen-bond acceptors (Lipinski definition) is 4. The van der Waals surface area contributed by atoms with Crippen molar-refractivity contribution >= 4 is 23.4 Å². The van der Waals surface area contributed by atoms with Gasteiger partial charge in [-0.05, 0) is 50.8 Å². The zero-order valence-corrected chi connectivity index (χ0v) is 16.8. The Balaban J connectivity index is 1.64. The molecule has 158 valence electrons. The van der Waals surface area contributed by atoms with Gasteiger partial charge in [0.2, 0.25) is 11.8 Å². The van der Waals surface area contributed by atoms with Crippen molar-refractivity contribution in [3.8, 4) is 0 Å². The first kappa shape index (κ1) is 21.1. The average Bonchev–Trinajstić information content (AvgIpc) is 2.93. The van der Waals surface area contributed by atoms with Gasteiger partial charge in [-0.25, -0.2) is 4.39 Å². The summed E-state index contributed by atoms with van der Waals surface area (Å²) in [5.41, 5.74) is 5.75. The van der Waals surface area contributed by atoms with Crippen molar-refractivity contribution in [1.29, 1.82) is 0 Å². The summed E-state index contributed by atoms with van der Waals surface area (Å²) in [6, 6.07) is 3.75. The second-order valence-corrected chi connectivity index (χ2v) is 7.86. The molecule has 0 aromatic heterocycles. The molecule has 1 aromatic carbocycles. The summed E-state index contributed by atoms with van der Waals surface area (Å²) in [5.74, 6) is -1.21. The van der Waals surface area contributed by atoms with Crippen LogP contribution in [0.4, 0.5) is 10.1 Å². The first-order valence-corrected chi connectivity index (χ1v) is 10.3. The average molecular weight is 404 g/mol. The third kappa shape index (κ3) is 5.05. The predicted molar refractivity (Wildman–Crippen MR) is 107 cm³/mol. The summed E-state index contributed by atoms with van der Waals surface area (Å²) in [7, 11) is 0. The normalized spacial score (nSPS) is 22.9. The van der Waals surface area contributed by atoms with E-state index < -0.39 is 11.7 Å². The Labute approximate surface area is 170 Å². The molecule has 2 atom stereocenters. The highest BCUT2D eigenvalue weighted by atomic mass is 19.1. The number of hydrogen-bond donors (Lipinski definition) is 2. The molecule has 0 saturated carbocycles. The van der Waals surface area contributed by atoms with Gasteiger partial charge in [-0.1, -0.05) is 0 Å². The van der Waals surface area contributed by atoms with E-state index in [4.69, 9.17) is 5.73 Å². The molecule has 3 amide bonds. The molecule has 3 rings (SSSR count). The van der Waals surface area contributed by atoms with E-state index in [9.17, 15) is 18.8 Å². The van der Waals surface area contributed by atoms with Crippen LogP contribution in [0.5, 0.6) is 0 Å². The number of nitrogen functional groups attached to an aromatic ring is 1. The smallest absolute Gasteiger partial charge is 0.254 e. The van der Waals surface area contributed by atoms with Gasteiger partial charge in [0.15, 0.2) is 0 Å². The van der Waals surface area contributed by atoms with Crippen molar-refractivity contribution in [1.82, 2.24) is 15.1 Å². The lowest BCUT2D eigenvalue weighted by molar-refractivity contribution is -0.143. The van der Waals surface area contributed by atoms with E-state index in [2.05, 4.69) is 5.32 Å². The molecule has 0 radical (unpaired) electrons. The summed E-state index contributed by atoms with van der Waals surface area (Å²) in [5, 5.41) is 2.87. The van der Waals surface area contributed by atoms with Gasteiger partial charge in [0.25, 0.3) is 5.91 Å². The molecule has 3 N–H and O–H groups in total.